The largest absolute Gasteiger partial charge is 0.506 e. The number of benzene rings is 1. The Morgan fingerprint density at radius 2 is 2.00 bits per heavy atom. The van der Waals surface area contributed by atoms with Gasteiger partial charge in [0.05, 0.1) is 11.6 Å². The lowest BCUT2D eigenvalue weighted by Gasteiger charge is -2.14. The SMILES string of the molecule is COC(=O)[C@H](N)c1c(Br)ccc(Br)c1O. The Bertz CT molecular complexity index is 395. The van der Waals surface area contributed by atoms with Gasteiger partial charge in [-0.3, -0.25) is 4.79 Å². The zero-order valence-electron chi connectivity index (χ0n) is 7.83. The maximum atomic E-state index is 11.2. The molecule has 0 spiro atoms. The van der Waals surface area contributed by atoms with Gasteiger partial charge in [-0.05, 0) is 28.1 Å². The molecule has 0 aromatic heterocycles. The normalized spacial score (nSPS) is 12.3. The summed E-state index contributed by atoms with van der Waals surface area (Å²) in [7, 11) is 1.24. The van der Waals surface area contributed by atoms with E-state index < -0.39 is 12.0 Å². The number of nitrogens with two attached hydrogens (primary N) is 1. The van der Waals surface area contributed by atoms with Gasteiger partial charge in [-0.15, -0.1) is 0 Å². The minimum Gasteiger partial charge on any atom is -0.506 e. The van der Waals surface area contributed by atoms with Gasteiger partial charge in [-0.1, -0.05) is 15.9 Å². The third-order valence-electron chi connectivity index (χ3n) is 1.88. The van der Waals surface area contributed by atoms with Gasteiger partial charge in [0.15, 0.2) is 0 Å². The van der Waals surface area contributed by atoms with Crippen molar-refractivity contribution in [1.82, 2.24) is 0 Å². The van der Waals surface area contributed by atoms with E-state index in [1.165, 1.54) is 7.11 Å². The van der Waals surface area contributed by atoms with Crippen LogP contribution in [0.1, 0.15) is 11.6 Å². The summed E-state index contributed by atoms with van der Waals surface area (Å²) in [6.45, 7) is 0. The molecule has 0 bridgehead atoms. The zero-order chi connectivity index (χ0) is 11.6. The number of ether oxygens (including phenoxy) is 1. The second-order valence-electron chi connectivity index (χ2n) is 2.79. The Balaban J connectivity index is 3.24. The number of hydrogen-bond acceptors (Lipinski definition) is 4. The summed E-state index contributed by atoms with van der Waals surface area (Å²) in [5, 5.41) is 9.73. The predicted molar refractivity (Wildman–Crippen MR) is 62.5 cm³/mol. The third-order valence-corrected chi connectivity index (χ3v) is 3.21. The van der Waals surface area contributed by atoms with Crippen molar-refractivity contribution in [3.05, 3.63) is 26.6 Å². The van der Waals surface area contributed by atoms with E-state index >= 15 is 0 Å². The van der Waals surface area contributed by atoms with Crippen molar-refractivity contribution in [1.29, 1.82) is 0 Å². The smallest absolute Gasteiger partial charge is 0.327 e. The predicted octanol–water partition coefficient (Wildman–Crippen LogP) is 2.09. The highest BCUT2D eigenvalue weighted by Crippen LogP contribution is 2.36. The van der Waals surface area contributed by atoms with Gasteiger partial charge >= 0.3 is 5.97 Å². The Morgan fingerprint density at radius 1 is 1.47 bits per heavy atom. The van der Waals surface area contributed by atoms with Crippen LogP contribution in [0.3, 0.4) is 0 Å². The monoisotopic (exact) mass is 337 g/mol. The Labute approximate surface area is 104 Å². The van der Waals surface area contributed by atoms with Gasteiger partial charge < -0.3 is 15.6 Å². The van der Waals surface area contributed by atoms with Gasteiger partial charge in [-0.2, -0.15) is 0 Å². The molecule has 0 unspecified atom stereocenters. The van der Waals surface area contributed by atoms with Crippen LogP contribution in [0.4, 0.5) is 0 Å². The average Bonchev–Trinajstić information content (AvgIpc) is 2.22. The maximum absolute atomic E-state index is 11.2. The molecule has 0 fully saturated rings. The van der Waals surface area contributed by atoms with Crippen molar-refractivity contribution in [3.63, 3.8) is 0 Å². The van der Waals surface area contributed by atoms with Crippen LogP contribution >= 0.6 is 31.9 Å². The lowest BCUT2D eigenvalue weighted by atomic mass is 10.1. The Hall–Kier alpha value is -0.590. The second kappa shape index (κ2) is 4.96. The molecule has 1 atom stereocenters. The van der Waals surface area contributed by atoms with Gasteiger partial charge in [0, 0.05) is 10.0 Å². The molecule has 0 amide bonds. The topological polar surface area (TPSA) is 72.5 Å². The number of aromatic hydroxyl groups is 1. The van der Waals surface area contributed by atoms with E-state index in [-0.39, 0.29) is 5.75 Å². The van der Waals surface area contributed by atoms with E-state index in [2.05, 4.69) is 36.6 Å². The second-order valence-corrected chi connectivity index (χ2v) is 4.50. The van der Waals surface area contributed by atoms with Crippen molar-refractivity contribution in [2.24, 2.45) is 5.73 Å². The molecular weight excluding hydrogens is 330 g/mol. The Morgan fingerprint density at radius 3 is 2.53 bits per heavy atom. The number of hydrogen-bond donors (Lipinski definition) is 2. The summed E-state index contributed by atoms with van der Waals surface area (Å²) in [6, 6.07) is 2.32. The Kier molecular flexibility index (Phi) is 4.12. The highest BCUT2D eigenvalue weighted by molar-refractivity contribution is 9.11. The fourth-order valence-electron chi connectivity index (χ4n) is 1.10. The van der Waals surface area contributed by atoms with Gasteiger partial charge in [0.2, 0.25) is 0 Å². The van der Waals surface area contributed by atoms with Crippen molar-refractivity contribution in [2.45, 2.75) is 6.04 Å². The summed E-state index contributed by atoms with van der Waals surface area (Å²) in [4.78, 5) is 11.2. The van der Waals surface area contributed by atoms with E-state index in [0.29, 0.717) is 14.5 Å². The minimum atomic E-state index is -1.01. The summed E-state index contributed by atoms with van der Waals surface area (Å²) in [6.07, 6.45) is 0. The van der Waals surface area contributed by atoms with E-state index in [1.54, 1.807) is 12.1 Å². The van der Waals surface area contributed by atoms with E-state index in [0.717, 1.165) is 0 Å². The van der Waals surface area contributed by atoms with Gasteiger partial charge in [0.25, 0.3) is 0 Å². The molecule has 0 saturated heterocycles. The summed E-state index contributed by atoms with van der Waals surface area (Å²) in [5.41, 5.74) is 5.94. The van der Waals surface area contributed by atoms with Gasteiger partial charge in [-0.25, -0.2) is 0 Å². The van der Waals surface area contributed by atoms with Crippen LogP contribution < -0.4 is 5.73 Å². The molecule has 3 N–H and O–H groups in total. The van der Waals surface area contributed by atoms with Crippen LogP contribution in [0.5, 0.6) is 5.75 Å². The number of rotatable bonds is 2. The average molecular weight is 339 g/mol. The van der Waals surface area contributed by atoms with Crippen LogP contribution in [0.15, 0.2) is 21.1 Å². The first-order valence-electron chi connectivity index (χ1n) is 3.99. The van der Waals surface area contributed by atoms with Crippen LogP contribution in [0.2, 0.25) is 0 Å². The first-order valence-corrected chi connectivity index (χ1v) is 5.58. The number of phenols is 1. The lowest BCUT2D eigenvalue weighted by molar-refractivity contribution is -0.142. The molecule has 6 heteroatoms. The van der Waals surface area contributed by atoms with Crippen molar-refractivity contribution in [2.75, 3.05) is 7.11 Å². The molecular formula is C9H9Br2NO3. The third kappa shape index (κ3) is 2.50. The van der Waals surface area contributed by atoms with Crippen molar-refractivity contribution in [3.8, 4) is 5.75 Å². The van der Waals surface area contributed by atoms with Gasteiger partial charge in [0.1, 0.15) is 11.8 Å². The van der Waals surface area contributed by atoms with Crippen LogP contribution in [-0.2, 0) is 9.53 Å². The highest BCUT2D eigenvalue weighted by atomic mass is 79.9. The molecule has 0 aliphatic rings. The number of halogens is 2. The fourth-order valence-corrected chi connectivity index (χ4v) is 2.01. The first-order chi connectivity index (χ1) is 6.99. The molecule has 1 aromatic carbocycles. The summed E-state index contributed by atoms with van der Waals surface area (Å²) >= 11 is 6.35. The van der Waals surface area contributed by atoms with Crippen LogP contribution in [-0.4, -0.2) is 18.2 Å². The number of carbonyl (C=O) groups excluding carboxylic acids is 1. The van der Waals surface area contributed by atoms with Crippen LogP contribution in [0.25, 0.3) is 0 Å². The fraction of sp³-hybridized carbons (Fsp3) is 0.222. The molecule has 0 aliphatic carbocycles. The molecule has 4 nitrogen and oxygen atoms in total. The quantitative estimate of drug-likeness (QED) is 0.810. The number of esters is 1. The highest BCUT2D eigenvalue weighted by Gasteiger charge is 2.23. The standard InChI is InChI=1S/C9H9Br2NO3/c1-15-9(14)7(12)6-4(10)2-3-5(11)8(6)13/h2-3,7,13H,12H2,1H3/t7-/m1/s1. The van der Waals surface area contributed by atoms with Crippen LogP contribution in [0, 0.1) is 0 Å². The first kappa shape index (κ1) is 12.5. The van der Waals surface area contributed by atoms with E-state index in [4.69, 9.17) is 5.73 Å². The minimum absolute atomic E-state index is 0.0673. The number of methoxy groups -OCH3 is 1. The van der Waals surface area contributed by atoms with Crippen molar-refractivity contribution < 1.29 is 14.6 Å². The lowest BCUT2D eigenvalue weighted by Crippen LogP contribution is -2.23. The van der Waals surface area contributed by atoms with Crippen molar-refractivity contribution >= 4 is 37.8 Å². The molecule has 0 heterocycles. The molecule has 0 radical (unpaired) electrons. The molecule has 1 rings (SSSR count). The number of phenolic OH excluding ortho intramolecular Hbond substituents is 1. The summed E-state index contributed by atoms with van der Waals surface area (Å²) < 4.78 is 5.53. The summed E-state index contributed by atoms with van der Waals surface area (Å²) in [5.74, 6) is -0.675. The number of carbonyl (C=O) groups is 1. The zero-order valence-corrected chi connectivity index (χ0v) is 11.0. The van der Waals surface area contributed by atoms with E-state index in [9.17, 15) is 9.90 Å². The maximum Gasteiger partial charge on any atom is 0.327 e. The molecule has 1 aromatic rings. The molecule has 0 saturated carbocycles. The van der Waals surface area contributed by atoms with E-state index in [1.807, 2.05) is 0 Å². The molecule has 82 valence electrons. The molecule has 0 aliphatic heterocycles. The molecule has 15 heavy (non-hydrogen) atoms.